The highest BCUT2D eigenvalue weighted by molar-refractivity contribution is 5.99. The molecule has 0 unspecified atom stereocenters. The molecule has 0 saturated heterocycles. The molecular weight excluding hydrogens is 1260 g/mol. The highest BCUT2D eigenvalue weighted by Gasteiger charge is 2.36. The van der Waals surface area contributed by atoms with Crippen molar-refractivity contribution in [1.29, 1.82) is 0 Å². The van der Waals surface area contributed by atoms with E-state index < -0.39 is 120 Å². The number of benzene rings is 3. The number of nitrogens with zero attached hydrogens (tertiary/aromatic N) is 4. The number of imidazole rings is 2. The standard InChI is InChI=1S/C63H85N21O13/c64-21-7-6-14-44(54(89)77-45(15-8-22-72-62(66)67)55(90)82-49(28-39-32-71-34-76-39)59(94)84-51(61(96)97)26-37-30-74-43-13-5-4-12-41(37)43)78-60(95)50(29-52(86)87)83-56(91)46(16-9-23-73-63(68)69)79-57(92)47(25-35-10-2-1-3-11-35)81-58(93)48(27-38-31-70-33-75-38)80-53(88)42(65)24-36-17-19-40(85)20-18-36/h1-5,10-13,17-20,30-34,42,44-51,74,85H,6-9,14-16,21-29,64-65H2,(H,70,75)(H,71,76)(H,77,89)(H,78,95)(H,79,92)(H,80,88)(H,81,93)(H,82,90)(H,83,91)(H,84,94)(H,86,87)(H,96,97)(H4,66,67,72)(H4,68,69,73)/t42-,44-,45+,46+,47-,48+,49-,50-,51-/m0/s1. The van der Waals surface area contributed by atoms with E-state index in [0.29, 0.717) is 34.5 Å². The van der Waals surface area contributed by atoms with Crippen LogP contribution in [0.25, 0.3) is 10.9 Å². The molecule has 34 nitrogen and oxygen atoms in total. The number of carbonyl (C=O) groups is 10. The summed E-state index contributed by atoms with van der Waals surface area (Å²) in [6, 6.07) is 8.02. The van der Waals surface area contributed by atoms with Crippen molar-refractivity contribution in [2.24, 2.45) is 44.4 Å². The molecule has 34 heteroatoms. The van der Waals surface area contributed by atoms with Crippen LogP contribution in [0, 0.1) is 0 Å². The molecular formula is C63H85N21O13. The summed E-state index contributed by atoms with van der Waals surface area (Å²) < 4.78 is 0. The number of amides is 8. The molecule has 0 aliphatic heterocycles. The SMILES string of the molecule is NCCCC[C@H](NC(=O)[C@H](CC(=O)O)NC(=O)[C@@H](CCCN=C(N)N)NC(=O)[C@H](Cc1ccccc1)NC(=O)[C@@H](Cc1cnc[nH]1)NC(=O)[C@@H](N)Cc1ccc(O)cc1)C(=O)N[C@H](CCCN=C(N)N)C(=O)N[C@@H](Cc1cnc[nH]1)C(=O)N[C@@H](Cc1c[nH]c2ccccc12)C(=O)O. The van der Waals surface area contributed by atoms with E-state index in [-0.39, 0.29) is 108 Å². The zero-order valence-corrected chi connectivity index (χ0v) is 53.1. The molecule has 6 aromatic rings. The molecule has 3 aromatic carbocycles. The molecule has 0 saturated carbocycles. The van der Waals surface area contributed by atoms with Gasteiger partial charge in [0.25, 0.3) is 0 Å². The van der Waals surface area contributed by atoms with Crippen LogP contribution in [-0.2, 0) is 80.0 Å². The van der Waals surface area contributed by atoms with Gasteiger partial charge in [-0.2, -0.15) is 0 Å². The van der Waals surface area contributed by atoms with Crippen molar-refractivity contribution in [2.75, 3.05) is 19.6 Å². The zero-order chi connectivity index (χ0) is 70.4. The summed E-state index contributed by atoms with van der Waals surface area (Å²) in [6.45, 7) is 0.0382. The number of rotatable bonds is 41. The molecule has 9 atom stereocenters. The minimum absolute atomic E-state index is 0.000250. The van der Waals surface area contributed by atoms with Crippen LogP contribution in [0.3, 0.4) is 0 Å². The predicted octanol–water partition coefficient (Wildman–Crippen LogP) is -3.17. The lowest BCUT2D eigenvalue weighted by Gasteiger charge is -2.28. The first kappa shape index (κ1) is 74.6. The second-order valence-corrected chi connectivity index (χ2v) is 22.9. The fraction of sp³-hybridized carbons (Fsp3) is 0.397. The third-order valence-electron chi connectivity index (χ3n) is 15.3. The van der Waals surface area contributed by atoms with Gasteiger partial charge in [0, 0.05) is 79.7 Å². The van der Waals surface area contributed by atoms with Crippen LogP contribution in [0.2, 0.25) is 0 Å². The van der Waals surface area contributed by atoms with Gasteiger partial charge in [-0.05, 0) is 92.8 Å². The molecule has 0 aliphatic carbocycles. The van der Waals surface area contributed by atoms with Crippen LogP contribution in [-0.4, -0.2) is 185 Å². The van der Waals surface area contributed by atoms with Crippen molar-refractivity contribution in [3.8, 4) is 5.75 Å². The minimum atomic E-state index is -1.95. The zero-order valence-electron chi connectivity index (χ0n) is 53.1. The number of carboxylic acid groups (broad SMARTS) is 2. The van der Waals surface area contributed by atoms with E-state index in [4.69, 9.17) is 34.4 Å². The number of carboxylic acids is 2. The number of aliphatic imine (C=N–C) groups is 2. The number of hydrogen-bond acceptors (Lipinski definition) is 17. The van der Waals surface area contributed by atoms with Crippen LogP contribution < -0.4 is 76.9 Å². The van der Waals surface area contributed by atoms with Crippen molar-refractivity contribution in [2.45, 2.75) is 138 Å². The average molecular weight is 1340 g/mol. The maximum atomic E-state index is 14.7. The maximum Gasteiger partial charge on any atom is 0.326 e. The Morgan fingerprint density at radius 1 is 0.464 bits per heavy atom. The van der Waals surface area contributed by atoms with Crippen LogP contribution in [0.15, 0.2) is 120 Å². The van der Waals surface area contributed by atoms with Gasteiger partial charge in [0.2, 0.25) is 47.3 Å². The van der Waals surface area contributed by atoms with Gasteiger partial charge in [0.1, 0.15) is 54.1 Å². The number of guanidine groups is 2. The van der Waals surface area contributed by atoms with Crippen LogP contribution in [0.4, 0.5) is 0 Å². The summed E-state index contributed by atoms with van der Waals surface area (Å²) in [5.74, 6) is -11.2. The lowest BCUT2D eigenvalue weighted by molar-refractivity contribution is -0.142. The van der Waals surface area contributed by atoms with Crippen LogP contribution >= 0.6 is 0 Å². The third-order valence-corrected chi connectivity index (χ3v) is 15.3. The Kier molecular flexibility index (Phi) is 29.3. The molecule has 0 aliphatic rings. The van der Waals surface area contributed by atoms with Crippen molar-refractivity contribution < 1.29 is 63.3 Å². The van der Waals surface area contributed by atoms with Gasteiger partial charge in [-0.25, -0.2) is 14.8 Å². The van der Waals surface area contributed by atoms with E-state index in [9.17, 15) is 63.3 Å². The molecule has 0 spiro atoms. The highest BCUT2D eigenvalue weighted by Crippen LogP contribution is 2.20. The van der Waals surface area contributed by atoms with E-state index in [1.807, 2.05) is 0 Å². The number of fused-ring (bicyclic) bond motifs is 1. The molecule has 520 valence electrons. The second kappa shape index (κ2) is 38.1. The number of aromatic amines is 3. The topological polar surface area (TPSA) is 582 Å². The quantitative estimate of drug-likeness (QED) is 0.0102. The number of hydrogen-bond donors (Lipinski definition) is 20. The van der Waals surface area contributed by atoms with Gasteiger partial charge in [0.15, 0.2) is 11.9 Å². The molecule has 6 rings (SSSR count). The summed E-state index contributed by atoms with van der Waals surface area (Å²) in [4.78, 5) is 165. The highest BCUT2D eigenvalue weighted by atomic mass is 16.4. The molecule has 97 heavy (non-hydrogen) atoms. The van der Waals surface area contributed by atoms with Gasteiger partial charge >= 0.3 is 11.9 Å². The largest absolute Gasteiger partial charge is 0.508 e. The van der Waals surface area contributed by atoms with E-state index in [1.54, 1.807) is 72.9 Å². The van der Waals surface area contributed by atoms with E-state index >= 15 is 0 Å². The summed E-state index contributed by atoms with van der Waals surface area (Å²) in [5.41, 5.74) is 37.7. The van der Waals surface area contributed by atoms with Crippen molar-refractivity contribution in [1.82, 2.24) is 67.5 Å². The average Bonchev–Trinajstić information content (AvgIpc) is 1.73. The molecule has 8 amide bonds. The number of para-hydroxylation sites is 1. The smallest absolute Gasteiger partial charge is 0.326 e. The summed E-state index contributed by atoms with van der Waals surface area (Å²) in [6.07, 6.45) is 5.38. The molecule has 0 bridgehead atoms. The Labute approximate surface area is 556 Å². The number of phenolic OH excluding ortho intramolecular Hbond substituents is 1. The van der Waals surface area contributed by atoms with Gasteiger partial charge in [-0.3, -0.25) is 53.1 Å². The van der Waals surface area contributed by atoms with E-state index in [0.717, 1.165) is 10.9 Å². The van der Waals surface area contributed by atoms with Crippen molar-refractivity contribution in [3.05, 3.63) is 138 Å². The Balaban J connectivity index is 1.23. The number of unbranched alkanes of at least 4 members (excludes halogenated alkanes) is 1. The fourth-order valence-electron chi connectivity index (χ4n) is 10.3. The number of nitrogens with two attached hydrogens (primary N) is 6. The van der Waals surface area contributed by atoms with Gasteiger partial charge in [0.05, 0.1) is 25.1 Å². The van der Waals surface area contributed by atoms with Gasteiger partial charge in [-0.1, -0.05) is 60.7 Å². The number of nitrogens with one attached hydrogen (secondary N) is 11. The lowest BCUT2D eigenvalue weighted by atomic mass is 10.0. The monoisotopic (exact) mass is 1340 g/mol. The van der Waals surface area contributed by atoms with Gasteiger partial charge < -0.3 is 107 Å². The van der Waals surface area contributed by atoms with Crippen LogP contribution in [0.1, 0.15) is 79.4 Å². The molecule has 3 aromatic heterocycles. The Hall–Kier alpha value is -11.4. The summed E-state index contributed by atoms with van der Waals surface area (Å²) in [5, 5.41) is 51.7. The Morgan fingerprint density at radius 2 is 0.897 bits per heavy atom. The number of aromatic hydroxyl groups is 1. The van der Waals surface area contributed by atoms with Crippen molar-refractivity contribution >= 4 is 82.0 Å². The van der Waals surface area contributed by atoms with E-state index in [1.165, 1.54) is 37.2 Å². The lowest BCUT2D eigenvalue weighted by Crippen LogP contribution is -2.61. The molecule has 0 radical (unpaired) electrons. The predicted molar refractivity (Wildman–Crippen MR) is 355 cm³/mol. The molecule has 0 fully saturated rings. The third kappa shape index (κ3) is 25.1. The first-order valence-corrected chi connectivity index (χ1v) is 31.2. The second-order valence-electron chi connectivity index (χ2n) is 22.9. The number of aliphatic carboxylic acids is 2. The fourth-order valence-corrected chi connectivity index (χ4v) is 10.3. The summed E-state index contributed by atoms with van der Waals surface area (Å²) >= 11 is 0. The van der Waals surface area contributed by atoms with Gasteiger partial charge in [-0.15, -0.1) is 0 Å². The first-order valence-electron chi connectivity index (χ1n) is 31.2. The number of carbonyl (C=O) groups excluding carboxylic acids is 8. The van der Waals surface area contributed by atoms with Crippen LogP contribution in [0.5, 0.6) is 5.75 Å². The number of aromatic nitrogens is 5. The maximum absolute atomic E-state index is 14.7. The molecule has 26 N–H and O–H groups in total. The Bertz CT molecular complexity index is 3640. The van der Waals surface area contributed by atoms with Crippen molar-refractivity contribution in [3.63, 3.8) is 0 Å². The minimum Gasteiger partial charge on any atom is -0.508 e. The number of H-pyrrole nitrogens is 3. The van der Waals surface area contributed by atoms with E-state index in [2.05, 4.69) is 77.4 Å². The number of phenols is 1. The first-order chi connectivity index (χ1) is 46.5. The summed E-state index contributed by atoms with van der Waals surface area (Å²) in [7, 11) is 0. The Morgan fingerprint density at radius 3 is 1.38 bits per heavy atom. The normalized spacial score (nSPS) is 13.8. The molecule has 3 heterocycles.